The van der Waals surface area contributed by atoms with Crippen molar-refractivity contribution < 1.29 is 13.6 Å². The quantitative estimate of drug-likeness (QED) is 0.626. The Bertz CT molecular complexity index is 307. The van der Waals surface area contributed by atoms with Crippen molar-refractivity contribution in [1.82, 2.24) is 10.2 Å². The van der Waals surface area contributed by atoms with Crippen molar-refractivity contribution >= 4 is 38.8 Å². The van der Waals surface area contributed by atoms with Crippen LogP contribution in [0.3, 0.4) is 0 Å². The molecular weight excluding hydrogens is 216 g/mol. The number of hydrogen-bond donors (Lipinski definition) is 3. The third-order valence-corrected chi connectivity index (χ3v) is 2.13. The summed E-state index contributed by atoms with van der Waals surface area (Å²) in [6.45, 7) is 1.33. The van der Waals surface area contributed by atoms with Crippen LogP contribution in [0.1, 0.15) is 6.92 Å². The van der Waals surface area contributed by atoms with Crippen LogP contribution >= 0.6 is 11.3 Å². The van der Waals surface area contributed by atoms with Crippen molar-refractivity contribution in [2.24, 2.45) is 0 Å². The molecule has 0 spiro atoms. The lowest BCUT2D eigenvalue weighted by Gasteiger charge is -1.91. The number of hydrogen-bond acceptors (Lipinski definition) is 5. The highest BCUT2D eigenvalue weighted by Crippen LogP contribution is 2.19. The summed E-state index contributed by atoms with van der Waals surface area (Å²) < 4.78 is 20.8. The van der Waals surface area contributed by atoms with Crippen LogP contribution in [0.5, 0.6) is 0 Å². The number of nitrogens with one attached hydrogen (secondary N) is 2. The van der Waals surface area contributed by atoms with Crippen molar-refractivity contribution in [2.75, 3.05) is 10.0 Å². The first-order valence-corrected chi connectivity index (χ1v) is 4.99. The zero-order chi connectivity index (χ0) is 9.84. The number of carbonyl (C=O) groups is 1. The van der Waals surface area contributed by atoms with E-state index in [2.05, 4.69) is 20.2 Å². The fraction of sp³-hybridized carbons (Fsp3) is 0.250. The number of rotatable bonds is 3. The monoisotopic (exact) mass is 222 g/mol. The SMILES string of the molecule is CC(=O)Nc1nnc(NS(=O)O)s1. The molecular formula is C4H6N4O3S2. The third-order valence-electron chi connectivity index (χ3n) is 0.883. The maximum Gasteiger partial charge on any atom is 0.261 e. The van der Waals surface area contributed by atoms with Crippen molar-refractivity contribution in [2.45, 2.75) is 6.92 Å². The van der Waals surface area contributed by atoms with Crippen LogP contribution in [-0.4, -0.2) is 24.9 Å². The molecule has 1 atom stereocenters. The first-order valence-electron chi connectivity index (χ1n) is 3.06. The molecule has 0 saturated carbocycles. The smallest absolute Gasteiger partial charge is 0.261 e. The molecule has 1 amide bonds. The normalized spacial score (nSPS) is 12.2. The van der Waals surface area contributed by atoms with Crippen molar-refractivity contribution in [3.8, 4) is 0 Å². The van der Waals surface area contributed by atoms with E-state index in [4.69, 9.17) is 4.55 Å². The fourth-order valence-electron chi connectivity index (χ4n) is 0.540. The zero-order valence-electron chi connectivity index (χ0n) is 6.47. The second-order valence-electron chi connectivity index (χ2n) is 1.94. The molecule has 1 aromatic heterocycles. The summed E-state index contributed by atoms with van der Waals surface area (Å²) in [6, 6.07) is 0. The van der Waals surface area contributed by atoms with Gasteiger partial charge in [0.25, 0.3) is 11.3 Å². The van der Waals surface area contributed by atoms with Gasteiger partial charge in [0.15, 0.2) is 0 Å². The minimum Gasteiger partial charge on any atom is -0.301 e. The standard InChI is InChI=1S/C4H6N4O3S2/c1-2(9)5-3-6-7-4(12-3)8-13(10)11/h1H3,(H,7,8)(H,10,11)(H,5,6,9). The van der Waals surface area contributed by atoms with Crippen LogP contribution in [0.25, 0.3) is 0 Å². The lowest BCUT2D eigenvalue weighted by atomic mass is 10.7. The largest absolute Gasteiger partial charge is 0.301 e. The van der Waals surface area contributed by atoms with E-state index in [9.17, 15) is 9.00 Å². The summed E-state index contributed by atoms with van der Waals surface area (Å²) in [4.78, 5) is 10.5. The molecule has 0 aliphatic rings. The summed E-state index contributed by atoms with van der Waals surface area (Å²) >= 11 is -1.20. The highest BCUT2D eigenvalue weighted by atomic mass is 32.2. The lowest BCUT2D eigenvalue weighted by Crippen LogP contribution is -2.04. The molecule has 72 valence electrons. The average Bonchev–Trinajstić information content (AvgIpc) is 2.33. The molecule has 3 N–H and O–H groups in total. The van der Waals surface area contributed by atoms with E-state index in [0.29, 0.717) is 0 Å². The average molecular weight is 222 g/mol. The molecule has 0 aliphatic heterocycles. The molecule has 0 aliphatic carbocycles. The second-order valence-corrected chi connectivity index (χ2v) is 3.62. The van der Waals surface area contributed by atoms with Crippen LogP contribution in [0, 0.1) is 0 Å². The van der Waals surface area contributed by atoms with E-state index >= 15 is 0 Å². The highest BCUT2D eigenvalue weighted by Gasteiger charge is 2.05. The summed E-state index contributed by atoms with van der Waals surface area (Å²) in [5, 5.41) is 9.87. The van der Waals surface area contributed by atoms with E-state index in [1.165, 1.54) is 6.92 Å². The van der Waals surface area contributed by atoms with Crippen LogP contribution in [-0.2, 0) is 16.1 Å². The van der Waals surface area contributed by atoms with E-state index in [1.807, 2.05) is 0 Å². The molecule has 7 nitrogen and oxygen atoms in total. The van der Waals surface area contributed by atoms with Crippen molar-refractivity contribution in [1.29, 1.82) is 0 Å². The Balaban J connectivity index is 2.63. The molecule has 0 aromatic carbocycles. The number of carbonyl (C=O) groups excluding carboxylic acids is 1. The summed E-state index contributed by atoms with van der Waals surface area (Å²) in [5.74, 6) is -0.271. The Morgan fingerprint density at radius 2 is 2.15 bits per heavy atom. The van der Waals surface area contributed by atoms with E-state index in [-0.39, 0.29) is 16.2 Å². The molecule has 0 radical (unpaired) electrons. The van der Waals surface area contributed by atoms with E-state index < -0.39 is 11.3 Å². The van der Waals surface area contributed by atoms with Gasteiger partial charge in [-0.05, 0) is 0 Å². The predicted molar refractivity (Wildman–Crippen MR) is 48.6 cm³/mol. The molecule has 0 bridgehead atoms. The number of nitrogens with zero attached hydrogens (tertiary/aromatic N) is 2. The van der Waals surface area contributed by atoms with Gasteiger partial charge in [0.05, 0.1) is 0 Å². The minimum absolute atomic E-state index is 0.171. The molecule has 13 heavy (non-hydrogen) atoms. The van der Waals surface area contributed by atoms with E-state index in [1.54, 1.807) is 0 Å². The predicted octanol–water partition coefficient (Wildman–Crippen LogP) is 0.0451. The molecule has 0 fully saturated rings. The van der Waals surface area contributed by atoms with Crippen LogP contribution < -0.4 is 10.0 Å². The third kappa shape index (κ3) is 3.44. The Morgan fingerprint density at radius 3 is 2.69 bits per heavy atom. The van der Waals surface area contributed by atoms with Gasteiger partial charge in [-0.1, -0.05) is 11.3 Å². The maximum absolute atomic E-state index is 10.5. The van der Waals surface area contributed by atoms with Gasteiger partial charge in [-0.2, -0.15) is 0 Å². The number of anilines is 2. The van der Waals surface area contributed by atoms with Crippen LogP contribution in [0.2, 0.25) is 0 Å². The van der Waals surface area contributed by atoms with Gasteiger partial charge in [0, 0.05) is 6.92 Å². The highest BCUT2D eigenvalue weighted by molar-refractivity contribution is 7.80. The van der Waals surface area contributed by atoms with Crippen molar-refractivity contribution in [3.05, 3.63) is 0 Å². The van der Waals surface area contributed by atoms with Gasteiger partial charge in [0.2, 0.25) is 16.2 Å². The molecule has 1 rings (SSSR count). The Morgan fingerprint density at radius 1 is 1.54 bits per heavy atom. The summed E-state index contributed by atoms with van der Waals surface area (Å²) in [6.07, 6.45) is 0. The van der Waals surface area contributed by atoms with Gasteiger partial charge in [-0.25, -0.2) is 4.21 Å². The topological polar surface area (TPSA) is 104 Å². The Labute approximate surface area is 80.0 Å². The first kappa shape index (κ1) is 10.0. The molecule has 9 heteroatoms. The second kappa shape index (κ2) is 4.25. The van der Waals surface area contributed by atoms with Gasteiger partial charge >= 0.3 is 0 Å². The molecule has 1 unspecified atom stereocenters. The van der Waals surface area contributed by atoms with Crippen LogP contribution in [0.15, 0.2) is 0 Å². The van der Waals surface area contributed by atoms with Crippen LogP contribution in [0.4, 0.5) is 10.3 Å². The van der Waals surface area contributed by atoms with E-state index in [0.717, 1.165) is 11.3 Å². The maximum atomic E-state index is 10.5. The fourth-order valence-corrected chi connectivity index (χ4v) is 1.65. The zero-order valence-corrected chi connectivity index (χ0v) is 8.11. The number of aromatic nitrogens is 2. The van der Waals surface area contributed by atoms with Gasteiger partial charge in [-0.15, -0.1) is 10.2 Å². The molecule has 0 saturated heterocycles. The molecule has 1 aromatic rings. The van der Waals surface area contributed by atoms with Gasteiger partial charge in [0.1, 0.15) is 0 Å². The first-order chi connectivity index (χ1) is 6.08. The minimum atomic E-state index is -2.17. The lowest BCUT2D eigenvalue weighted by molar-refractivity contribution is -0.114. The Kier molecular flexibility index (Phi) is 3.28. The Hall–Kier alpha value is -1.06. The summed E-state index contributed by atoms with van der Waals surface area (Å²) in [7, 11) is 0. The van der Waals surface area contributed by atoms with Gasteiger partial charge < -0.3 is 5.32 Å². The molecule has 1 heterocycles. The van der Waals surface area contributed by atoms with Gasteiger partial charge in [-0.3, -0.25) is 14.1 Å². The summed E-state index contributed by atoms with van der Waals surface area (Å²) in [5.41, 5.74) is 0. The number of amides is 1. The van der Waals surface area contributed by atoms with Crippen molar-refractivity contribution in [3.63, 3.8) is 0 Å².